The van der Waals surface area contributed by atoms with E-state index >= 15 is 0 Å². The van der Waals surface area contributed by atoms with Crippen molar-refractivity contribution in [2.75, 3.05) is 59.5 Å². The smallest absolute Gasteiger partial charge is 0.366 e. The lowest BCUT2D eigenvalue weighted by Crippen LogP contribution is -2.12. The van der Waals surface area contributed by atoms with Gasteiger partial charge in [0.05, 0.1) is 39.6 Å². The third-order valence-corrected chi connectivity index (χ3v) is 3.48. The highest BCUT2D eigenvalue weighted by Gasteiger charge is 2.26. The van der Waals surface area contributed by atoms with E-state index in [0.717, 1.165) is 0 Å². The van der Waals surface area contributed by atoms with Gasteiger partial charge in [-0.1, -0.05) is 17.8 Å². The topological polar surface area (TPSA) is 72.5 Å². The predicted molar refractivity (Wildman–Crippen MR) is 84.4 cm³/mol. The molecule has 0 radical (unpaired) electrons. The Hall–Kier alpha value is -1.33. The molecule has 0 saturated heterocycles. The van der Waals surface area contributed by atoms with Crippen molar-refractivity contribution >= 4 is 7.82 Å². The Morgan fingerprint density at radius 1 is 0.609 bits per heavy atom. The summed E-state index contributed by atoms with van der Waals surface area (Å²) in [5.74, 6) is 6.90. The number of phosphoric ester groups is 1. The van der Waals surface area contributed by atoms with Crippen molar-refractivity contribution in [2.24, 2.45) is 0 Å². The first-order chi connectivity index (χ1) is 11.2. The second-order valence-corrected chi connectivity index (χ2v) is 5.39. The third kappa shape index (κ3) is 14.0. The van der Waals surface area contributed by atoms with Crippen molar-refractivity contribution in [3.05, 3.63) is 0 Å². The zero-order valence-corrected chi connectivity index (χ0v) is 13.8. The van der Waals surface area contributed by atoms with Crippen molar-refractivity contribution < 1.29 is 32.3 Å². The average molecular weight is 344 g/mol. The summed E-state index contributed by atoms with van der Waals surface area (Å²) in [7, 11) is -3.76. The van der Waals surface area contributed by atoms with Crippen LogP contribution in [0.3, 0.4) is 0 Å². The average Bonchev–Trinajstić information content (AvgIpc) is 2.54. The van der Waals surface area contributed by atoms with Gasteiger partial charge in [0.2, 0.25) is 0 Å². The highest BCUT2D eigenvalue weighted by Crippen LogP contribution is 2.49. The van der Waals surface area contributed by atoms with E-state index in [1.165, 1.54) is 0 Å². The molecule has 8 heteroatoms. The molecule has 0 aliphatic heterocycles. The molecule has 0 heterocycles. The van der Waals surface area contributed by atoms with Crippen molar-refractivity contribution in [2.45, 2.75) is 0 Å². The quantitative estimate of drug-likeness (QED) is 0.250. The van der Waals surface area contributed by atoms with E-state index in [-0.39, 0.29) is 59.5 Å². The van der Waals surface area contributed by atoms with E-state index in [1.54, 1.807) is 0 Å². The number of phosphoric acid groups is 1. The molecule has 0 amide bonds. The van der Waals surface area contributed by atoms with E-state index < -0.39 is 7.82 Å². The molecule has 0 N–H and O–H groups in total. The van der Waals surface area contributed by atoms with E-state index in [4.69, 9.17) is 47.1 Å². The number of ether oxygens (including phenoxy) is 3. The summed E-state index contributed by atoms with van der Waals surface area (Å²) in [6.45, 7) is 0.853. The van der Waals surface area contributed by atoms with Gasteiger partial charge in [0.15, 0.2) is 0 Å². The first-order valence-corrected chi connectivity index (χ1v) is 8.22. The standard InChI is InChI=1S/C15H21O7P/c1-4-7-17-10-13-20-23(16,21-14-11-18-8-5-2)22-15-12-19-9-6-3/h1-3H,7-15H2. The Balaban J connectivity index is 4.12. The molecule has 23 heavy (non-hydrogen) atoms. The first kappa shape index (κ1) is 21.7. The van der Waals surface area contributed by atoms with Crippen LogP contribution < -0.4 is 0 Å². The largest absolute Gasteiger partial charge is 0.475 e. The maximum absolute atomic E-state index is 12.4. The lowest BCUT2D eigenvalue weighted by atomic mass is 10.7. The van der Waals surface area contributed by atoms with Gasteiger partial charge in [-0.05, 0) is 0 Å². The van der Waals surface area contributed by atoms with Gasteiger partial charge in [-0.2, -0.15) is 0 Å². The van der Waals surface area contributed by atoms with Crippen LogP contribution in [0.1, 0.15) is 0 Å². The van der Waals surface area contributed by atoms with Gasteiger partial charge in [-0.3, -0.25) is 13.6 Å². The van der Waals surface area contributed by atoms with Gasteiger partial charge in [-0.25, -0.2) is 4.57 Å². The number of rotatable bonds is 15. The monoisotopic (exact) mass is 344 g/mol. The Kier molecular flexibility index (Phi) is 14.7. The molecular weight excluding hydrogens is 323 g/mol. The maximum atomic E-state index is 12.4. The summed E-state index contributed by atoms with van der Waals surface area (Å²) in [6, 6.07) is 0. The lowest BCUT2D eigenvalue weighted by Gasteiger charge is -2.17. The molecule has 0 unspecified atom stereocenters. The Morgan fingerprint density at radius 3 is 1.17 bits per heavy atom. The van der Waals surface area contributed by atoms with Crippen LogP contribution in [0.25, 0.3) is 0 Å². The number of hydrogen-bond acceptors (Lipinski definition) is 7. The summed E-state index contributed by atoms with van der Waals surface area (Å²) >= 11 is 0. The van der Waals surface area contributed by atoms with Crippen LogP contribution in [-0.4, -0.2) is 59.5 Å². The Labute approximate surface area is 137 Å². The summed E-state index contributed by atoms with van der Waals surface area (Å²) in [5.41, 5.74) is 0. The van der Waals surface area contributed by atoms with Crippen LogP contribution in [0, 0.1) is 37.0 Å². The normalized spacial score (nSPS) is 10.7. The molecule has 0 aliphatic carbocycles. The minimum atomic E-state index is -3.76. The minimum Gasteiger partial charge on any atom is -0.366 e. The highest BCUT2D eigenvalue weighted by atomic mass is 31.2. The molecule has 0 saturated carbocycles. The SMILES string of the molecule is C#CCOCCOP(=O)(OCCOCC#C)OCCOCC#C. The molecular formula is C15H21O7P. The molecule has 128 valence electrons. The maximum Gasteiger partial charge on any atom is 0.475 e. The summed E-state index contributed by atoms with van der Waals surface area (Å²) < 4.78 is 42.7. The van der Waals surface area contributed by atoms with Gasteiger partial charge < -0.3 is 14.2 Å². The Morgan fingerprint density at radius 2 is 0.913 bits per heavy atom. The summed E-state index contributed by atoms with van der Waals surface area (Å²) in [5, 5.41) is 0. The van der Waals surface area contributed by atoms with Gasteiger partial charge in [-0.15, -0.1) is 19.3 Å². The molecule has 0 fully saturated rings. The van der Waals surface area contributed by atoms with Gasteiger partial charge >= 0.3 is 7.82 Å². The number of hydrogen-bond donors (Lipinski definition) is 0. The Bertz CT molecular complexity index is 391. The third-order valence-electron chi connectivity index (χ3n) is 1.99. The van der Waals surface area contributed by atoms with E-state index in [1.807, 2.05) is 0 Å². The van der Waals surface area contributed by atoms with Crippen LogP contribution >= 0.6 is 7.82 Å². The fraction of sp³-hybridized carbons (Fsp3) is 0.600. The van der Waals surface area contributed by atoms with Gasteiger partial charge in [0.25, 0.3) is 0 Å². The molecule has 0 aromatic rings. The zero-order chi connectivity index (χ0) is 17.2. The minimum absolute atomic E-state index is 0.00458. The van der Waals surface area contributed by atoms with Crippen molar-refractivity contribution in [3.63, 3.8) is 0 Å². The molecule has 0 aliphatic rings. The van der Waals surface area contributed by atoms with Crippen LogP contribution in [0.4, 0.5) is 0 Å². The molecule has 0 aromatic carbocycles. The van der Waals surface area contributed by atoms with Crippen LogP contribution in [0.2, 0.25) is 0 Å². The molecule has 0 bridgehead atoms. The highest BCUT2D eigenvalue weighted by molar-refractivity contribution is 7.48. The molecule has 0 atom stereocenters. The van der Waals surface area contributed by atoms with Crippen molar-refractivity contribution in [1.29, 1.82) is 0 Å². The van der Waals surface area contributed by atoms with E-state index in [9.17, 15) is 4.57 Å². The lowest BCUT2D eigenvalue weighted by molar-refractivity contribution is 0.0448. The zero-order valence-electron chi connectivity index (χ0n) is 12.9. The fourth-order valence-electron chi connectivity index (χ4n) is 1.13. The first-order valence-electron chi connectivity index (χ1n) is 6.76. The van der Waals surface area contributed by atoms with Crippen molar-refractivity contribution in [3.8, 4) is 37.0 Å². The molecule has 0 rings (SSSR count). The second-order valence-electron chi connectivity index (χ2n) is 3.72. The van der Waals surface area contributed by atoms with Gasteiger partial charge in [0.1, 0.15) is 19.8 Å². The van der Waals surface area contributed by atoms with E-state index in [2.05, 4.69) is 17.8 Å². The van der Waals surface area contributed by atoms with Gasteiger partial charge in [0, 0.05) is 0 Å². The molecule has 7 nitrogen and oxygen atoms in total. The van der Waals surface area contributed by atoms with Crippen LogP contribution in [0.5, 0.6) is 0 Å². The van der Waals surface area contributed by atoms with Crippen LogP contribution in [0.15, 0.2) is 0 Å². The van der Waals surface area contributed by atoms with Crippen molar-refractivity contribution in [1.82, 2.24) is 0 Å². The summed E-state index contributed by atoms with van der Waals surface area (Å²) in [6.07, 6.45) is 15.1. The summed E-state index contributed by atoms with van der Waals surface area (Å²) in [4.78, 5) is 0. The second kappa shape index (κ2) is 15.6. The predicted octanol–water partition coefficient (Wildman–Crippen LogP) is 1.09. The molecule has 0 spiro atoms. The molecule has 0 aromatic heterocycles. The number of terminal acetylenes is 3. The fourth-order valence-corrected chi connectivity index (χ4v) is 2.25. The van der Waals surface area contributed by atoms with E-state index in [0.29, 0.717) is 0 Å². The van der Waals surface area contributed by atoms with Crippen LogP contribution in [-0.2, 0) is 32.3 Å².